The van der Waals surface area contributed by atoms with Crippen molar-refractivity contribution in [3.8, 4) is 17.2 Å². The van der Waals surface area contributed by atoms with Crippen LogP contribution >= 0.6 is 0 Å². The SMILES string of the molecule is COc1ccc(NC(=O)c2cc3n(n2)[C@@H](C(F)(F)F)C[C@H](c2ccc(OC)c(OC)c2)N3)cc1. The van der Waals surface area contributed by atoms with Crippen molar-refractivity contribution in [1.29, 1.82) is 0 Å². The third kappa shape index (κ3) is 4.59. The summed E-state index contributed by atoms with van der Waals surface area (Å²) in [4.78, 5) is 12.7. The van der Waals surface area contributed by atoms with Crippen LogP contribution in [0.3, 0.4) is 0 Å². The van der Waals surface area contributed by atoms with Crippen LogP contribution in [0.15, 0.2) is 48.5 Å². The molecule has 1 aliphatic heterocycles. The summed E-state index contributed by atoms with van der Waals surface area (Å²) in [5, 5.41) is 9.67. The number of hydrogen-bond donors (Lipinski definition) is 2. The lowest BCUT2D eigenvalue weighted by Gasteiger charge is -2.33. The van der Waals surface area contributed by atoms with Gasteiger partial charge < -0.3 is 24.8 Å². The number of benzene rings is 2. The zero-order valence-corrected chi connectivity index (χ0v) is 18.6. The average molecular weight is 476 g/mol. The van der Waals surface area contributed by atoms with E-state index in [0.29, 0.717) is 28.5 Å². The van der Waals surface area contributed by atoms with Crippen LogP contribution in [0, 0.1) is 0 Å². The number of anilines is 2. The van der Waals surface area contributed by atoms with Crippen LogP contribution in [-0.2, 0) is 0 Å². The normalized spacial score (nSPS) is 17.4. The van der Waals surface area contributed by atoms with Gasteiger partial charge in [0.25, 0.3) is 5.91 Å². The molecule has 1 aliphatic rings. The fourth-order valence-corrected chi connectivity index (χ4v) is 3.84. The van der Waals surface area contributed by atoms with Crippen LogP contribution in [0.4, 0.5) is 24.7 Å². The number of fused-ring (bicyclic) bond motifs is 1. The maximum Gasteiger partial charge on any atom is 0.410 e. The van der Waals surface area contributed by atoms with Gasteiger partial charge in [-0.15, -0.1) is 0 Å². The lowest BCUT2D eigenvalue weighted by molar-refractivity contribution is -0.173. The van der Waals surface area contributed by atoms with Crippen LogP contribution in [-0.4, -0.2) is 43.2 Å². The topological polar surface area (TPSA) is 86.6 Å². The van der Waals surface area contributed by atoms with E-state index in [1.54, 1.807) is 42.5 Å². The lowest BCUT2D eigenvalue weighted by atomic mass is 9.96. The molecule has 0 radical (unpaired) electrons. The molecule has 2 heterocycles. The lowest BCUT2D eigenvalue weighted by Crippen LogP contribution is -2.35. The summed E-state index contributed by atoms with van der Waals surface area (Å²) in [6.45, 7) is 0. The number of carbonyl (C=O) groups is 1. The van der Waals surface area contributed by atoms with E-state index in [2.05, 4.69) is 15.7 Å². The molecule has 0 saturated heterocycles. The highest BCUT2D eigenvalue weighted by Crippen LogP contribution is 2.44. The summed E-state index contributed by atoms with van der Waals surface area (Å²) < 4.78 is 58.3. The van der Waals surface area contributed by atoms with E-state index in [0.717, 1.165) is 4.68 Å². The number of halogens is 3. The Morgan fingerprint density at radius 3 is 2.35 bits per heavy atom. The summed E-state index contributed by atoms with van der Waals surface area (Å²) in [6.07, 6.45) is -4.88. The number of carbonyl (C=O) groups excluding carboxylic acids is 1. The largest absolute Gasteiger partial charge is 0.497 e. The molecule has 2 aromatic carbocycles. The van der Waals surface area contributed by atoms with Gasteiger partial charge >= 0.3 is 6.18 Å². The Morgan fingerprint density at radius 2 is 1.74 bits per heavy atom. The molecule has 1 amide bonds. The third-order valence-corrected chi connectivity index (χ3v) is 5.58. The predicted molar refractivity (Wildman–Crippen MR) is 119 cm³/mol. The number of hydrogen-bond acceptors (Lipinski definition) is 6. The maximum absolute atomic E-state index is 14.0. The van der Waals surface area contributed by atoms with Gasteiger partial charge in [-0.3, -0.25) is 4.79 Å². The van der Waals surface area contributed by atoms with Gasteiger partial charge in [-0.1, -0.05) is 6.07 Å². The highest BCUT2D eigenvalue weighted by molar-refractivity contribution is 6.03. The third-order valence-electron chi connectivity index (χ3n) is 5.58. The van der Waals surface area contributed by atoms with Gasteiger partial charge in [0, 0.05) is 18.2 Å². The summed E-state index contributed by atoms with van der Waals surface area (Å²) >= 11 is 0. The minimum Gasteiger partial charge on any atom is -0.497 e. The van der Waals surface area contributed by atoms with Crippen LogP contribution in [0.25, 0.3) is 0 Å². The van der Waals surface area contributed by atoms with E-state index in [1.807, 2.05) is 0 Å². The molecule has 34 heavy (non-hydrogen) atoms. The molecular formula is C23H23F3N4O4. The van der Waals surface area contributed by atoms with E-state index < -0.39 is 24.2 Å². The smallest absolute Gasteiger partial charge is 0.410 e. The van der Waals surface area contributed by atoms with Gasteiger partial charge in [-0.05, 0) is 42.0 Å². The molecule has 2 N–H and O–H groups in total. The number of ether oxygens (including phenoxy) is 3. The number of aromatic nitrogens is 2. The minimum absolute atomic E-state index is 0.0910. The summed E-state index contributed by atoms with van der Waals surface area (Å²) in [7, 11) is 4.45. The number of methoxy groups -OCH3 is 3. The Kier molecular flexibility index (Phi) is 6.27. The second-order valence-electron chi connectivity index (χ2n) is 7.65. The highest BCUT2D eigenvalue weighted by Gasteiger charge is 2.47. The molecular weight excluding hydrogens is 453 g/mol. The van der Waals surface area contributed by atoms with E-state index in [9.17, 15) is 18.0 Å². The number of nitrogens with zero attached hydrogens (tertiary/aromatic N) is 2. The molecule has 0 unspecified atom stereocenters. The first kappa shape index (κ1) is 23.3. The van der Waals surface area contributed by atoms with Crippen molar-refractivity contribution in [2.45, 2.75) is 24.7 Å². The van der Waals surface area contributed by atoms with Crippen molar-refractivity contribution < 1.29 is 32.2 Å². The van der Waals surface area contributed by atoms with Crippen molar-refractivity contribution >= 4 is 17.4 Å². The zero-order chi connectivity index (χ0) is 24.5. The Bertz CT molecular complexity index is 1180. The summed E-state index contributed by atoms with van der Waals surface area (Å²) in [5.74, 6) is 0.945. The van der Waals surface area contributed by atoms with Crippen LogP contribution in [0.5, 0.6) is 17.2 Å². The molecule has 8 nitrogen and oxygen atoms in total. The van der Waals surface area contributed by atoms with Crippen LogP contribution in [0.2, 0.25) is 0 Å². The fourth-order valence-electron chi connectivity index (χ4n) is 3.84. The Labute approximate surface area is 193 Å². The van der Waals surface area contributed by atoms with Gasteiger partial charge in [0.05, 0.1) is 27.4 Å². The molecule has 3 aromatic rings. The second-order valence-corrected chi connectivity index (χ2v) is 7.65. The molecule has 4 rings (SSSR count). The second kappa shape index (κ2) is 9.16. The molecule has 0 aliphatic carbocycles. The highest BCUT2D eigenvalue weighted by atomic mass is 19.4. The van der Waals surface area contributed by atoms with Crippen molar-refractivity contribution in [2.75, 3.05) is 32.0 Å². The fraction of sp³-hybridized carbons (Fsp3) is 0.304. The molecule has 0 spiro atoms. The molecule has 0 bridgehead atoms. The van der Waals surface area contributed by atoms with E-state index in [4.69, 9.17) is 14.2 Å². The van der Waals surface area contributed by atoms with Crippen molar-refractivity contribution in [3.63, 3.8) is 0 Å². The van der Waals surface area contributed by atoms with Gasteiger partial charge in [0.15, 0.2) is 23.2 Å². The zero-order valence-electron chi connectivity index (χ0n) is 18.6. The molecule has 11 heteroatoms. The predicted octanol–water partition coefficient (Wildman–Crippen LogP) is 4.82. The van der Waals surface area contributed by atoms with E-state index in [-0.39, 0.29) is 17.9 Å². The first-order valence-electron chi connectivity index (χ1n) is 10.3. The van der Waals surface area contributed by atoms with Gasteiger partial charge in [-0.2, -0.15) is 18.3 Å². The van der Waals surface area contributed by atoms with Gasteiger partial charge in [-0.25, -0.2) is 4.68 Å². The maximum atomic E-state index is 14.0. The number of nitrogens with one attached hydrogen (secondary N) is 2. The summed E-state index contributed by atoms with van der Waals surface area (Å²) in [5.41, 5.74) is 0.907. The minimum atomic E-state index is -4.57. The van der Waals surface area contributed by atoms with Gasteiger partial charge in [0.2, 0.25) is 0 Å². The summed E-state index contributed by atoms with van der Waals surface area (Å²) in [6, 6.07) is 10.2. The first-order chi connectivity index (χ1) is 16.2. The number of rotatable bonds is 6. The van der Waals surface area contributed by atoms with Crippen LogP contribution < -0.4 is 24.8 Å². The van der Waals surface area contributed by atoms with Crippen molar-refractivity contribution in [2.24, 2.45) is 0 Å². The van der Waals surface area contributed by atoms with Gasteiger partial charge in [0.1, 0.15) is 11.6 Å². The first-order valence-corrected chi connectivity index (χ1v) is 10.3. The van der Waals surface area contributed by atoms with E-state index >= 15 is 0 Å². The van der Waals surface area contributed by atoms with E-state index in [1.165, 1.54) is 27.4 Å². The Morgan fingerprint density at radius 1 is 1.03 bits per heavy atom. The Hall–Kier alpha value is -3.89. The average Bonchev–Trinajstić information content (AvgIpc) is 3.27. The number of amides is 1. The number of alkyl halides is 3. The molecule has 2 atom stereocenters. The van der Waals surface area contributed by atoms with Crippen molar-refractivity contribution in [3.05, 3.63) is 59.8 Å². The molecule has 1 aromatic heterocycles. The molecule has 180 valence electrons. The quantitative estimate of drug-likeness (QED) is 0.531. The molecule has 0 fully saturated rings. The molecule has 0 saturated carbocycles. The Balaban J connectivity index is 1.62. The standard InChI is InChI=1S/C23H23F3N4O4/c1-32-15-7-5-14(6-8-15)27-22(31)17-12-21-28-16(11-20(23(24,25)26)30(21)29-17)13-4-9-18(33-2)19(10-13)34-3/h4-10,12,16,20,28H,11H2,1-3H3,(H,27,31)/t16-,20-/m1/s1. The van der Waals surface area contributed by atoms with Crippen molar-refractivity contribution in [1.82, 2.24) is 9.78 Å². The van der Waals surface area contributed by atoms with Crippen LogP contribution in [0.1, 0.15) is 34.6 Å². The monoisotopic (exact) mass is 476 g/mol.